The van der Waals surface area contributed by atoms with Crippen molar-refractivity contribution < 1.29 is 4.74 Å². The van der Waals surface area contributed by atoms with E-state index in [4.69, 9.17) is 10.5 Å². The van der Waals surface area contributed by atoms with Gasteiger partial charge < -0.3 is 10.5 Å². The summed E-state index contributed by atoms with van der Waals surface area (Å²) in [7, 11) is 1.72. The molecule has 2 unspecified atom stereocenters. The monoisotopic (exact) mass is 263 g/mol. The van der Waals surface area contributed by atoms with E-state index >= 15 is 0 Å². The highest BCUT2D eigenvalue weighted by atomic mass is 16.5. The van der Waals surface area contributed by atoms with Crippen molar-refractivity contribution in [2.45, 2.75) is 58.9 Å². The van der Waals surface area contributed by atoms with Crippen molar-refractivity contribution in [1.29, 1.82) is 0 Å². The Bertz CT molecular complexity index is 376. The third-order valence-corrected chi connectivity index (χ3v) is 3.92. The van der Waals surface area contributed by atoms with Gasteiger partial charge in [-0.25, -0.2) is 0 Å². The number of hydrogen-bond acceptors (Lipinski definition) is 2. The van der Waals surface area contributed by atoms with Crippen LogP contribution in [0.4, 0.5) is 0 Å². The Morgan fingerprint density at radius 3 is 2.58 bits per heavy atom. The molecular weight excluding hydrogens is 234 g/mol. The highest BCUT2D eigenvalue weighted by Crippen LogP contribution is 2.31. The minimum absolute atomic E-state index is 0.0809. The van der Waals surface area contributed by atoms with E-state index in [0.717, 1.165) is 23.7 Å². The molecule has 2 heteroatoms. The van der Waals surface area contributed by atoms with Gasteiger partial charge in [0.15, 0.2) is 0 Å². The third-order valence-electron chi connectivity index (χ3n) is 3.92. The smallest absolute Gasteiger partial charge is 0.123 e. The fourth-order valence-corrected chi connectivity index (χ4v) is 2.59. The number of ether oxygens (including phenoxy) is 1. The lowest BCUT2D eigenvalue weighted by atomic mass is 9.89. The van der Waals surface area contributed by atoms with Crippen LogP contribution in [-0.2, 0) is 0 Å². The van der Waals surface area contributed by atoms with Crippen molar-refractivity contribution in [1.82, 2.24) is 0 Å². The van der Waals surface area contributed by atoms with Gasteiger partial charge in [-0.05, 0) is 30.9 Å². The maximum absolute atomic E-state index is 6.39. The second-order valence-electron chi connectivity index (χ2n) is 5.50. The fourth-order valence-electron chi connectivity index (χ4n) is 2.59. The number of unbranched alkanes of at least 4 members (excludes halogenated alkanes) is 1. The van der Waals surface area contributed by atoms with Gasteiger partial charge in [-0.3, -0.25) is 0 Å². The number of methoxy groups -OCH3 is 1. The van der Waals surface area contributed by atoms with E-state index in [1.807, 2.05) is 0 Å². The van der Waals surface area contributed by atoms with E-state index in [1.54, 1.807) is 7.11 Å². The standard InChI is InChI=1S/C17H29NO/c1-5-7-8-14(6-2)12-16(18)15-10-9-13(3)11-17(15)19-4/h9-11,14,16H,5-8,12,18H2,1-4H3. The zero-order chi connectivity index (χ0) is 14.3. The van der Waals surface area contributed by atoms with Crippen molar-refractivity contribution in [3.05, 3.63) is 29.3 Å². The predicted molar refractivity (Wildman–Crippen MR) is 82.6 cm³/mol. The van der Waals surface area contributed by atoms with Gasteiger partial charge in [-0.2, -0.15) is 0 Å². The Labute approximate surface area is 118 Å². The zero-order valence-electron chi connectivity index (χ0n) is 12.9. The molecule has 2 atom stereocenters. The quantitative estimate of drug-likeness (QED) is 0.743. The number of rotatable bonds is 8. The van der Waals surface area contributed by atoms with E-state index < -0.39 is 0 Å². The molecule has 1 aromatic rings. The molecule has 0 bridgehead atoms. The van der Waals surface area contributed by atoms with Crippen LogP contribution < -0.4 is 10.5 Å². The summed E-state index contributed by atoms with van der Waals surface area (Å²) in [5, 5.41) is 0. The molecule has 108 valence electrons. The van der Waals surface area contributed by atoms with Crippen LogP contribution in [0.15, 0.2) is 18.2 Å². The van der Waals surface area contributed by atoms with Gasteiger partial charge in [0.2, 0.25) is 0 Å². The maximum Gasteiger partial charge on any atom is 0.123 e. The maximum atomic E-state index is 6.39. The summed E-state index contributed by atoms with van der Waals surface area (Å²) < 4.78 is 5.46. The van der Waals surface area contributed by atoms with Crippen LogP contribution in [0, 0.1) is 12.8 Å². The topological polar surface area (TPSA) is 35.2 Å². The average molecular weight is 263 g/mol. The lowest BCUT2D eigenvalue weighted by molar-refractivity contribution is 0.371. The Hall–Kier alpha value is -1.02. The second-order valence-corrected chi connectivity index (χ2v) is 5.50. The molecule has 0 aromatic heterocycles. The number of hydrogen-bond donors (Lipinski definition) is 1. The summed E-state index contributed by atoms with van der Waals surface area (Å²) in [5.74, 6) is 1.65. The fraction of sp³-hybridized carbons (Fsp3) is 0.647. The van der Waals surface area contributed by atoms with Crippen LogP contribution >= 0.6 is 0 Å². The lowest BCUT2D eigenvalue weighted by Crippen LogP contribution is -2.16. The van der Waals surface area contributed by atoms with Gasteiger partial charge in [0, 0.05) is 11.6 Å². The second kappa shape index (κ2) is 8.21. The average Bonchev–Trinajstić information content (AvgIpc) is 2.42. The van der Waals surface area contributed by atoms with Crippen LogP contribution in [0.1, 0.15) is 63.1 Å². The first kappa shape index (κ1) is 16.0. The Kier molecular flexibility index (Phi) is 6.93. The summed E-state index contributed by atoms with van der Waals surface area (Å²) in [6, 6.07) is 6.38. The van der Waals surface area contributed by atoms with E-state index in [0.29, 0.717) is 0 Å². The molecule has 0 radical (unpaired) electrons. The number of nitrogens with two attached hydrogens (primary N) is 1. The molecule has 0 fully saturated rings. The molecule has 0 amide bonds. The first-order chi connectivity index (χ1) is 9.12. The van der Waals surface area contributed by atoms with Crippen LogP contribution in [-0.4, -0.2) is 7.11 Å². The summed E-state index contributed by atoms with van der Waals surface area (Å²) in [6.07, 6.45) is 6.11. The first-order valence-corrected chi connectivity index (χ1v) is 7.52. The molecule has 2 nitrogen and oxygen atoms in total. The minimum atomic E-state index is 0.0809. The van der Waals surface area contributed by atoms with Gasteiger partial charge in [0.05, 0.1) is 7.11 Å². The van der Waals surface area contributed by atoms with E-state index in [2.05, 4.69) is 39.0 Å². The van der Waals surface area contributed by atoms with Gasteiger partial charge >= 0.3 is 0 Å². The summed E-state index contributed by atoms with van der Waals surface area (Å²) in [4.78, 5) is 0. The van der Waals surface area contributed by atoms with E-state index in [-0.39, 0.29) is 6.04 Å². The number of aryl methyl sites for hydroxylation is 1. The summed E-state index contributed by atoms with van der Waals surface area (Å²) in [5.41, 5.74) is 8.75. The largest absolute Gasteiger partial charge is 0.496 e. The molecule has 0 heterocycles. The van der Waals surface area contributed by atoms with Gasteiger partial charge in [-0.1, -0.05) is 51.7 Å². The third kappa shape index (κ3) is 4.87. The Morgan fingerprint density at radius 1 is 1.26 bits per heavy atom. The van der Waals surface area contributed by atoms with Crippen LogP contribution in [0.3, 0.4) is 0 Å². The molecule has 0 spiro atoms. The van der Waals surface area contributed by atoms with Crippen molar-refractivity contribution in [3.63, 3.8) is 0 Å². The Balaban J connectivity index is 2.73. The van der Waals surface area contributed by atoms with Crippen LogP contribution in [0.5, 0.6) is 5.75 Å². The first-order valence-electron chi connectivity index (χ1n) is 7.52. The molecule has 1 aromatic carbocycles. The van der Waals surface area contributed by atoms with Crippen LogP contribution in [0.25, 0.3) is 0 Å². The zero-order valence-corrected chi connectivity index (χ0v) is 12.9. The molecule has 1 rings (SSSR count). The highest BCUT2D eigenvalue weighted by Gasteiger charge is 2.16. The van der Waals surface area contributed by atoms with Crippen molar-refractivity contribution in [3.8, 4) is 5.75 Å². The van der Waals surface area contributed by atoms with Crippen molar-refractivity contribution in [2.24, 2.45) is 11.7 Å². The normalized spacial score (nSPS) is 14.2. The van der Waals surface area contributed by atoms with E-state index in [9.17, 15) is 0 Å². The molecule has 0 aliphatic heterocycles. The molecular formula is C17H29NO. The number of benzene rings is 1. The molecule has 0 saturated carbocycles. The highest BCUT2D eigenvalue weighted by molar-refractivity contribution is 5.39. The van der Waals surface area contributed by atoms with Gasteiger partial charge in [0.25, 0.3) is 0 Å². The molecule has 2 N–H and O–H groups in total. The van der Waals surface area contributed by atoms with Gasteiger partial charge in [-0.15, -0.1) is 0 Å². The SMILES string of the molecule is CCCCC(CC)CC(N)c1ccc(C)cc1OC. The predicted octanol–water partition coefficient (Wildman–Crippen LogP) is 4.61. The molecule has 0 aliphatic rings. The minimum Gasteiger partial charge on any atom is -0.496 e. The summed E-state index contributed by atoms with van der Waals surface area (Å²) in [6.45, 7) is 6.59. The summed E-state index contributed by atoms with van der Waals surface area (Å²) >= 11 is 0. The van der Waals surface area contributed by atoms with Gasteiger partial charge in [0.1, 0.15) is 5.75 Å². The van der Waals surface area contributed by atoms with Crippen LogP contribution in [0.2, 0.25) is 0 Å². The van der Waals surface area contributed by atoms with Crippen molar-refractivity contribution in [2.75, 3.05) is 7.11 Å². The molecule has 0 aliphatic carbocycles. The Morgan fingerprint density at radius 2 is 2.00 bits per heavy atom. The van der Waals surface area contributed by atoms with Crippen molar-refractivity contribution >= 4 is 0 Å². The molecule has 0 saturated heterocycles. The molecule has 19 heavy (non-hydrogen) atoms. The van der Waals surface area contributed by atoms with E-state index in [1.165, 1.54) is 31.2 Å². The lowest BCUT2D eigenvalue weighted by Gasteiger charge is -2.21.